The van der Waals surface area contributed by atoms with Gasteiger partial charge in [0.05, 0.1) is 6.61 Å². The molecule has 0 radical (unpaired) electrons. The first-order chi connectivity index (χ1) is 13.0. The standard InChI is InChI=1S/C21H21BrO5/c1-2-26-18-9-11(12(22)10-15(18)25)19-20-13(23)5-3-7-16(20)27-17-8-4-6-14(24)21(17)19/h9-10,19,25H,2-8H2,1H3. The van der Waals surface area contributed by atoms with E-state index in [1.807, 2.05) is 6.92 Å². The maximum absolute atomic E-state index is 12.8. The van der Waals surface area contributed by atoms with E-state index < -0.39 is 5.92 Å². The highest BCUT2D eigenvalue weighted by molar-refractivity contribution is 9.10. The van der Waals surface area contributed by atoms with Crippen LogP contribution in [0.1, 0.15) is 56.9 Å². The Balaban J connectivity index is 1.93. The molecule has 1 aromatic carbocycles. The summed E-state index contributed by atoms with van der Waals surface area (Å²) in [6, 6.07) is 3.30. The van der Waals surface area contributed by atoms with Crippen LogP contribution < -0.4 is 4.74 Å². The van der Waals surface area contributed by atoms with Crippen LogP contribution in [-0.4, -0.2) is 23.3 Å². The van der Waals surface area contributed by atoms with Crippen molar-refractivity contribution in [2.75, 3.05) is 6.61 Å². The molecule has 142 valence electrons. The van der Waals surface area contributed by atoms with Crippen LogP contribution in [0.4, 0.5) is 0 Å². The van der Waals surface area contributed by atoms with Crippen molar-refractivity contribution in [3.63, 3.8) is 0 Å². The van der Waals surface area contributed by atoms with Crippen LogP contribution in [0.25, 0.3) is 0 Å². The van der Waals surface area contributed by atoms with Crippen LogP contribution in [-0.2, 0) is 14.3 Å². The van der Waals surface area contributed by atoms with Crippen molar-refractivity contribution in [1.29, 1.82) is 0 Å². The van der Waals surface area contributed by atoms with E-state index in [0.717, 1.165) is 18.4 Å². The Morgan fingerprint density at radius 2 is 1.67 bits per heavy atom. The van der Waals surface area contributed by atoms with Crippen molar-refractivity contribution < 1.29 is 24.2 Å². The number of aromatic hydroxyl groups is 1. The summed E-state index contributed by atoms with van der Waals surface area (Å²) in [5.41, 5.74) is 1.93. The summed E-state index contributed by atoms with van der Waals surface area (Å²) in [5, 5.41) is 10.2. The number of ketones is 2. The Morgan fingerprint density at radius 3 is 2.22 bits per heavy atom. The second-order valence-corrected chi connectivity index (χ2v) is 7.89. The van der Waals surface area contributed by atoms with Crippen molar-refractivity contribution >= 4 is 27.5 Å². The highest BCUT2D eigenvalue weighted by Crippen LogP contribution is 2.50. The van der Waals surface area contributed by atoms with Crippen LogP contribution in [0, 0.1) is 0 Å². The zero-order chi connectivity index (χ0) is 19.1. The van der Waals surface area contributed by atoms with Gasteiger partial charge in [-0.2, -0.15) is 0 Å². The fourth-order valence-corrected chi connectivity index (χ4v) is 4.74. The molecule has 0 atom stereocenters. The summed E-state index contributed by atoms with van der Waals surface area (Å²) < 4.78 is 12.2. The number of carbonyl (C=O) groups is 2. The zero-order valence-electron chi connectivity index (χ0n) is 15.1. The Hall–Kier alpha value is -2.08. The molecule has 3 aliphatic rings. The molecule has 0 saturated heterocycles. The molecule has 6 heteroatoms. The second-order valence-electron chi connectivity index (χ2n) is 7.04. The van der Waals surface area contributed by atoms with Gasteiger partial charge in [-0.15, -0.1) is 0 Å². The summed E-state index contributed by atoms with van der Waals surface area (Å²) in [4.78, 5) is 25.6. The van der Waals surface area contributed by atoms with Gasteiger partial charge in [0.25, 0.3) is 0 Å². The van der Waals surface area contributed by atoms with Gasteiger partial charge in [0.1, 0.15) is 11.5 Å². The van der Waals surface area contributed by atoms with Gasteiger partial charge in [0.15, 0.2) is 23.1 Å². The van der Waals surface area contributed by atoms with Gasteiger partial charge >= 0.3 is 0 Å². The number of ether oxygens (including phenoxy) is 2. The number of benzene rings is 1. The van der Waals surface area contributed by atoms with Gasteiger partial charge in [0.2, 0.25) is 0 Å². The lowest BCUT2D eigenvalue weighted by Crippen LogP contribution is -2.30. The summed E-state index contributed by atoms with van der Waals surface area (Å²) in [6.07, 6.45) is 3.87. The first-order valence-electron chi connectivity index (χ1n) is 9.36. The number of carbonyl (C=O) groups excluding carboxylic acids is 2. The molecule has 0 spiro atoms. The Labute approximate surface area is 166 Å². The SMILES string of the molecule is CCOc1cc(C2C3=C(CCCC3=O)OC3=C2C(=O)CCC3)c(Br)cc1O. The monoisotopic (exact) mass is 432 g/mol. The molecular formula is C21H21BrO5. The molecule has 0 amide bonds. The molecule has 0 unspecified atom stereocenters. The number of rotatable bonds is 3. The molecule has 27 heavy (non-hydrogen) atoms. The van der Waals surface area contributed by atoms with Gasteiger partial charge in [-0.3, -0.25) is 9.59 Å². The minimum atomic E-state index is -0.474. The molecule has 0 aromatic heterocycles. The first-order valence-corrected chi connectivity index (χ1v) is 10.2. The molecule has 0 bridgehead atoms. The fraction of sp³-hybridized carbons (Fsp3) is 0.429. The van der Waals surface area contributed by atoms with Crippen molar-refractivity contribution in [2.45, 2.75) is 51.4 Å². The highest BCUT2D eigenvalue weighted by Gasteiger charge is 2.42. The second kappa shape index (κ2) is 7.15. The summed E-state index contributed by atoms with van der Waals surface area (Å²) in [5.74, 6) is 1.35. The van der Waals surface area contributed by atoms with E-state index in [-0.39, 0.29) is 17.3 Å². The van der Waals surface area contributed by atoms with Crippen LogP contribution in [0.3, 0.4) is 0 Å². The first kappa shape index (κ1) is 18.3. The number of phenols is 1. The molecule has 1 aliphatic heterocycles. The van der Waals surface area contributed by atoms with E-state index in [1.165, 1.54) is 0 Å². The quantitative estimate of drug-likeness (QED) is 0.750. The average Bonchev–Trinajstić information content (AvgIpc) is 2.63. The lowest BCUT2D eigenvalue weighted by atomic mass is 9.73. The Bertz CT molecular complexity index is 854. The molecule has 1 heterocycles. The average molecular weight is 433 g/mol. The lowest BCUT2D eigenvalue weighted by molar-refractivity contribution is -0.117. The molecule has 4 rings (SSSR count). The van der Waals surface area contributed by atoms with E-state index in [4.69, 9.17) is 9.47 Å². The minimum Gasteiger partial charge on any atom is -0.504 e. The van der Waals surface area contributed by atoms with Gasteiger partial charge in [-0.25, -0.2) is 0 Å². The lowest BCUT2D eigenvalue weighted by Gasteiger charge is -2.36. The maximum atomic E-state index is 12.8. The third-order valence-electron chi connectivity index (χ3n) is 5.33. The maximum Gasteiger partial charge on any atom is 0.163 e. The summed E-state index contributed by atoms with van der Waals surface area (Å²) in [7, 11) is 0. The minimum absolute atomic E-state index is 0.0212. The number of allylic oxidation sites excluding steroid dienone is 4. The smallest absolute Gasteiger partial charge is 0.163 e. The molecule has 1 N–H and O–H groups in total. The van der Waals surface area contributed by atoms with Gasteiger partial charge < -0.3 is 14.6 Å². The molecular weight excluding hydrogens is 412 g/mol. The molecule has 5 nitrogen and oxygen atoms in total. The molecule has 2 aliphatic carbocycles. The number of halogens is 1. The van der Waals surface area contributed by atoms with Crippen molar-refractivity contribution in [3.05, 3.63) is 44.8 Å². The number of Topliss-reactive ketones (excluding diaryl/α,β-unsaturated/α-hetero) is 2. The van der Waals surface area contributed by atoms with E-state index in [0.29, 0.717) is 65.2 Å². The van der Waals surface area contributed by atoms with Gasteiger partial charge in [0, 0.05) is 47.2 Å². The number of hydrogen-bond acceptors (Lipinski definition) is 5. The fourth-order valence-electron chi connectivity index (χ4n) is 4.18. The highest BCUT2D eigenvalue weighted by atomic mass is 79.9. The molecule has 0 saturated carbocycles. The Morgan fingerprint density at radius 1 is 1.07 bits per heavy atom. The topological polar surface area (TPSA) is 72.8 Å². The number of hydrogen-bond donors (Lipinski definition) is 1. The normalized spacial score (nSPS) is 20.4. The van der Waals surface area contributed by atoms with E-state index >= 15 is 0 Å². The molecule has 0 fully saturated rings. The summed E-state index contributed by atoms with van der Waals surface area (Å²) >= 11 is 3.52. The van der Waals surface area contributed by atoms with Gasteiger partial charge in [-0.1, -0.05) is 15.9 Å². The van der Waals surface area contributed by atoms with Crippen LogP contribution >= 0.6 is 15.9 Å². The third kappa shape index (κ3) is 3.10. The van der Waals surface area contributed by atoms with Crippen molar-refractivity contribution in [3.8, 4) is 11.5 Å². The third-order valence-corrected chi connectivity index (χ3v) is 6.02. The largest absolute Gasteiger partial charge is 0.504 e. The van der Waals surface area contributed by atoms with Crippen LogP contribution in [0.2, 0.25) is 0 Å². The van der Waals surface area contributed by atoms with Crippen molar-refractivity contribution in [2.24, 2.45) is 0 Å². The summed E-state index contributed by atoms with van der Waals surface area (Å²) in [6.45, 7) is 2.24. The predicted octanol–water partition coefficient (Wildman–Crippen LogP) is 4.68. The molecule has 1 aromatic rings. The Kier molecular flexibility index (Phi) is 4.84. The number of phenolic OH excluding ortho intramolecular Hbond substituents is 1. The predicted molar refractivity (Wildman–Crippen MR) is 103 cm³/mol. The van der Waals surface area contributed by atoms with Crippen LogP contribution in [0.5, 0.6) is 11.5 Å². The zero-order valence-corrected chi connectivity index (χ0v) is 16.7. The van der Waals surface area contributed by atoms with Crippen LogP contribution in [0.15, 0.2) is 39.3 Å². The van der Waals surface area contributed by atoms with Gasteiger partial charge in [-0.05, 0) is 37.5 Å². The van der Waals surface area contributed by atoms with E-state index in [1.54, 1.807) is 12.1 Å². The van der Waals surface area contributed by atoms with E-state index in [9.17, 15) is 14.7 Å². The van der Waals surface area contributed by atoms with Crippen molar-refractivity contribution in [1.82, 2.24) is 0 Å². The van der Waals surface area contributed by atoms with E-state index in [2.05, 4.69) is 15.9 Å².